The minimum atomic E-state index is 0.0282. The number of hydrogen-bond donors (Lipinski definition) is 1. The molecule has 3 rings (SSSR count). The molecule has 5 nitrogen and oxygen atoms in total. The van der Waals surface area contributed by atoms with E-state index in [-0.39, 0.29) is 17.7 Å². The lowest BCUT2D eigenvalue weighted by Gasteiger charge is -2.26. The number of hydrogen-bond acceptors (Lipinski definition) is 4. The van der Waals surface area contributed by atoms with Gasteiger partial charge in [-0.3, -0.25) is 4.79 Å². The number of nitrogens with two attached hydrogens (primary N) is 1. The third-order valence-corrected chi connectivity index (χ3v) is 4.86. The predicted octanol–water partition coefficient (Wildman–Crippen LogP) is 3.80. The zero-order chi connectivity index (χ0) is 18.5. The van der Waals surface area contributed by atoms with Crippen molar-refractivity contribution in [2.24, 2.45) is 0 Å². The van der Waals surface area contributed by atoms with Crippen molar-refractivity contribution in [1.29, 1.82) is 0 Å². The van der Waals surface area contributed by atoms with Crippen molar-refractivity contribution in [1.82, 2.24) is 9.66 Å². The second-order valence-corrected chi connectivity index (χ2v) is 7.11. The van der Waals surface area contributed by atoms with E-state index in [9.17, 15) is 4.79 Å². The van der Waals surface area contributed by atoms with Crippen molar-refractivity contribution in [2.75, 3.05) is 16.5 Å². The summed E-state index contributed by atoms with van der Waals surface area (Å²) in [6.07, 6.45) is 1.78. The van der Waals surface area contributed by atoms with Crippen LogP contribution in [0.25, 0.3) is 11.3 Å². The SMILES string of the molecule is CC(C)N(C(=O)CSc1nc(-c2ccccc2)cn1N)c1ccccc1. The van der Waals surface area contributed by atoms with Gasteiger partial charge in [-0.1, -0.05) is 60.3 Å². The Bertz CT molecular complexity index is 862. The van der Waals surface area contributed by atoms with Crippen LogP contribution in [0.5, 0.6) is 0 Å². The maximum absolute atomic E-state index is 12.8. The van der Waals surface area contributed by atoms with Crippen LogP contribution in [-0.2, 0) is 4.79 Å². The molecule has 0 bridgehead atoms. The summed E-state index contributed by atoms with van der Waals surface area (Å²) >= 11 is 1.35. The van der Waals surface area contributed by atoms with Gasteiger partial charge in [-0.2, -0.15) is 0 Å². The molecule has 26 heavy (non-hydrogen) atoms. The Hall–Kier alpha value is -2.73. The highest BCUT2D eigenvalue weighted by molar-refractivity contribution is 7.99. The number of carbonyl (C=O) groups is 1. The second-order valence-electron chi connectivity index (χ2n) is 6.16. The van der Waals surface area contributed by atoms with Gasteiger partial charge < -0.3 is 10.7 Å². The summed E-state index contributed by atoms with van der Waals surface area (Å²) in [5.74, 6) is 6.32. The monoisotopic (exact) mass is 366 g/mol. The van der Waals surface area contributed by atoms with Gasteiger partial charge in [0.25, 0.3) is 0 Å². The van der Waals surface area contributed by atoms with Crippen LogP contribution >= 0.6 is 11.8 Å². The molecular weight excluding hydrogens is 344 g/mol. The van der Waals surface area contributed by atoms with Crippen LogP contribution < -0.4 is 10.7 Å². The van der Waals surface area contributed by atoms with Gasteiger partial charge in [0.05, 0.1) is 17.6 Å². The summed E-state index contributed by atoms with van der Waals surface area (Å²) < 4.78 is 1.47. The molecule has 0 fully saturated rings. The van der Waals surface area contributed by atoms with E-state index in [1.807, 2.05) is 74.5 Å². The molecular formula is C20H22N4OS. The van der Waals surface area contributed by atoms with Gasteiger partial charge in [0.1, 0.15) is 0 Å². The molecule has 2 aromatic carbocycles. The lowest BCUT2D eigenvalue weighted by atomic mass is 10.2. The van der Waals surface area contributed by atoms with Crippen molar-refractivity contribution < 1.29 is 4.79 Å². The number of rotatable bonds is 6. The molecule has 2 N–H and O–H groups in total. The van der Waals surface area contributed by atoms with Crippen molar-refractivity contribution in [3.05, 3.63) is 66.9 Å². The number of benzene rings is 2. The van der Waals surface area contributed by atoms with E-state index in [2.05, 4.69) is 4.98 Å². The number of imidazole rings is 1. The molecule has 1 amide bonds. The van der Waals surface area contributed by atoms with E-state index in [1.165, 1.54) is 16.4 Å². The largest absolute Gasteiger partial charge is 0.337 e. The van der Waals surface area contributed by atoms with Crippen molar-refractivity contribution in [3.63, 3.8) is 0 Å². The predicted molar refractivity (Wildman–Crippen MR) is 108 cm³/mol. The standard InChI is InChI=1S/C20H22N4OS/c1-15(2)24(17-11-7-4-8-12-17)19(25)14-26-20-22-18(13-23(20)21)16-9-5-3-6-10-16/h3-13,15H,14,21H2,1-2H3. The van der Waals surface area contributed by atoms with E-state index >= 15 is 0 Å². The minimum Gasteiger partial charge on any atom is -0.337 e. The van der Waals surface area contributed by atoms with Gasteiger partial charge in [0, 0.05) is 17.3 Å². The lowest BCUT2D eigenvalue weighted by molar-refractivity contribution is -0.116. The molecule has 0 atom stereocenters. The number of anilines is 1. The van der Waals surface area contributed by atoms with Gasteiger partial charge >= 0.3 is 0 Å². The van der Waals surface area contributed by atoms with Crippen LogP contribution in [0.1, 0.15) is 13.8 Å². The number of para-hydroxylation sites is 1. The highest BCUT2D eigenvalue weighted by Gasteiger charge is 2.20. The summed E-state index contributed by atoms with van der Waals surface area (Å²) in [5.41, 5.74) is 2.69. The van der Waals surface area contributed by atoms with E-state index in [1.54, 1.807) is 11.1 Å². The number of thioether (sulfide) groups is 1. The van der Waals surface area contributed by atoms with Gasteiger partial charge in [-0.15, -0.1) is 0 Å². The average Bonchev–Trinajstić information content (AvgIpc) is 3.02. The average molecular weight is 366 g/mol. The second kappa shape index (κ2) is 8.10. The minimum absolute atomic E-state index is 0.0282. The molecule has 0 radical (unpaired) electrons. The van der Waals surface area contributed by atoms with E-state index in [0.29, 0.717) is 5.16 Å². The molecule has 0 aliphatic carbocycles. The number of amides is 1. The Kier molecular flexibility index (Phi) is 5.63. The first-order chi connectivity index (χ1) is 12.6. The van der Waals surface area contributed by atoms with Crippen LogP contribution in [0.15, 0.2) is 72.0 Å². The fraction of sp³-hybridized carbons (Fsp3) is 0.200. The van der Waals surface area contributed by atoms with E-state index in [4.69, 9.17) is 5.84 Å². The summed E-state index contributed by atoms with van der Waals surface area (Å²) in [6, 6.07) is 19.6. The third kappa shape index (κ3) is 4.08. The molecule has 134 valence electrons. The summed E-state index contributed by atoms with van der Waals surface area (Å²) in [7, 11) is 0. The van der Waals surface area contributed by atoms with Crippen LogP contribution in [0, 0.1) is 0 Å². The topological polar surface area (TPSA) is 64.2 Å². The first-order valence-corrected chi connectivity index (χ1v) is 9.44. The maximum Gasteiger partial charge on any atom is 0.237 e. The third-order valence-electron chi connectivity index (χ3n) is 3.91. The normalized spacial score (nSPS) is 10.9. The van der Waals surface area contributed by atoms with Crippen LogP contribution in [0.4, 0.5) is 5.69 Å². The summed E-state index contributed by atoms with van der Waals surface area (Å²) in [5, 5.41) is 0.619. The van der Waals surface area contributed by atoms with Gasteiger partial charge in [0.2, 0.25) is 5.91 Å². The lowest BCUT2D eigenvalue weighted by Crippen LogP contribution is -2.38. The van der Waals surface area contributed by atoms with E-state index in [0.717, 1.165) is 16.9 Å². The maximum atomic E-state index is 12.8. The zero-order valence-corrected chi connectivity index (χ0v) is 15.7. The zero-order valence-electron chi connectivity index (χ0n) is 14.9. The van der Waals surface area contributed by atoms with Gasteiger partial charge in [0.15, 0.2) is 5.16 Å². The molecule has 1 aromatic heterocycles. The fourth-order valence-electron chi connectivity index (χ4n) is 2.75. The molecule has 6 heteroatoms. The first-order valence-electron chi connectivity index (χ1n) is 8.46. The number of aromatic nitrogens is 2. The highest BCUT2D eigenvalue weighted by atomic mass is 32.2. The molecule has 0 aliphatic heterocycles. The number of nitrogen functional groups attached to an aromatic ring is 1. The Labute approximate surface area is 157 Å². The summed E-state index contributed by atoms with van der Waals surface area (Å²) in [6.45, 7) is 4.01. The molecule has 1 heterocycles. The Morgan fingerprint density at radius 1 is 1.12 bits per heavy atom. The van der Waals surface area contributed by atoms with Crippen LogP contribution in [0.3, 0.4) is 0 Å². The fourth-order valence-corrected chi connectivity index (χ4v) is 3.50. The van der Waals surface area contributed by atoms with Crippen molar-refractivity contribution in [3.8, 4) is 11.3 Å². The number of carbonyl (C=O) groups excluding carboxylic acids is 1. The molecule has 0 aliphatic rings. The quantitative estimate of drug-likeness (QED) is 0.532. The van der Waals surface area contributed by atoms with Crippen molar-refractivity contribution in [2.45, 2.75) is 25.0 Å². The van der Waals surface area contributed by atoms with Crippen LogP contribution in [-0.4, -0.2) is 27.4 Å². The molecule has 0 unspecified atom stereocenters. The molecule has 0 spiro atoms. The summed E-state index contributed by atoms with van der Waals surface area (Å²) in [4.78, 5) is 19.1. The molecule has 0 saturated carbocycles. The van der Waals surface area contributed by atoms with Gasteiger partial charge in [-0.05, 0) is 26.0 Å². The Morgan fingerprint density at radius 3 is 2.35 bits per heavy atom. The molecule has 0 saturated heterocycles. The van der Waals surface area contributed by atoms with Crippen molar-refractivity contribution >= 4 is 23.4 Å². The Balaban J connectivity index is 1.72. The number of nitrogens with zero attached hydrogens (tertiary/aromatic N) is 3. The Morgan fingerprint density at radius 2 is 1.73 bits per heavy atom. The van der Waals surface area contributed by atoms with E-state index < -0.39 is 0 Å². The van der Waals surface area contributed by atoms with Crippen LogP contribution in [0.2, 0.25) is 0 Å². The highest BCUT2D eigenvalue weighted by Crippen LogP contribution is 2.24. The van der Waals surface area contributed by atoms with Gasteiger partial charge in [-0.25, -0.2) is 9.66 Å². The smallest absolute Gasteiger partial charge is 0.237 e. The molecule has 3 aromatic rings. The first kappa shape index (κ1) is 18.1.